The van der Waals surface area contributed by atoms with Crippen LogP contribution in [-0.2, 0) is 39.1 Å². The molecule has 0 N–H and O–H groups in total. The third kappa shape index (κ3) is 6.42. The highest BCUT2D eigenvalue weighted by Crippen LogP contribution is 2.27. The van der Waals surface area contributed by atoms with Crippen molar-refractivity contribution in [1.29, 1.82) is 0 Å². The van der Waals surface area contributed by atoms with Gasteiger partial charge in [-0.3, -0.25) is 0 Å². The van der Waals surface area contributed by atoms with Crippen LogP contribution >= 0.6 is 0 Å². The highest BCUT2D eigenvalue weighted by atomic mass is 17.4. The van der Waals surface area contributed by atoms with Crippen LogP contribution in [0.1, 0.15) is 55.4 Å². The molecule has 1 heterocycles. The van der Waals surface area contributed by atoms with Crippen molar-refractivity contribution < 1.29 is 39.1 Å². The first-order valence-corrected chi connectivity index (χ1v) is 6.30. The predicted octanol–water partition coefficient (Wildman–Crippen LogP) is 2.74. The van der Waals surface area contributed by atoms with Crippen LogP contribution in [-0.4, -0.2) is 23.1 Å². The lowest BCUT2D eigenvalue weighted by molar-refractivity contribution is -0.644. The minimum atomic E-state index is -1.20. The SMILES string of the molecule is CC1(C)OOC(C)(C)OOC(C)(C)OOC(C)(C)OO1. The van der Waals surface area contributed by atoms with Crippen LogP contribution in [0.4, 0.5) is 0 Å². The Kier molecular flexibility index (Phi) is 5.16. The van der Waals surface area contributed by atoms with Crippen molar-refractivity contribution in [3.63, 3.8) is 0 Å². The van der Waals surface area contributed by atoms with E-state index in [-0.39, 0.29) is 0 Å². The minimum absolute atomic E-state index is 1.20. The van der Waals surface area contributed by atoms with Gasteiger partial charge in [0.25, 0.3) is 0 Å². The largest absolute Gasteiger partial charge is 0.228 e. The molecule has 0 aliphatic carbocycles. The smallest absolute Gasteiger partial charge is 0.196 e. The molecule has 0 atom stereocenters. The molecule has 8 heteroatoms. The van der Waals surface area contributed by atoms with E-state index in [1.54, 1.807) is 55.4 Å². The Balaban J connectivity index is 2.81. The lowest BCUT2D eigenvalue weighted by Crippen LogP contribution is -2.44. The van der Waals surface area contributed by atoms with Crippen molar-refractivity contribution in [3.05, 3.63) is 0 Å². The zero-order valence-electron chi connectivity index (χ0n) is 13.3. The van der Waals surface area contributed by atoms with E-state index in [1.165, 1.54) is 0 Å². The van der Waals surface area contributed by atoms with Gasteiger partial charge >= 0.3 is 0 Å². The van der Waals surface area contributed by atoms with E-state index in [2.05, 4.69) is 0 Å². The Morgan fingerprint density at radius 1 is 0.300 bits per heavy atom. The van der Waals surface area contributed by atoms with Crippen LogP contribution in [0.15, 0.2) is 0 Å². The third-order valence-electron chi connectivity index (χ3n) is 1.77. The normalized spacial score (nSPS) is 30.0. The van der Waals surface area contributed by atoms with Crippen LogP contribution in [0.2, 0.25) is 0 Å². The molecule has 1 saturated heterocycles. The summed E-state index contributed by atoms with van der Waals surface area (Å²) in [6, 6.07) is 0. The summed E-state index contributed by atoms with van der Waals surface area (Å²) in [6.07, 6.45) is 0. The fourth-order valence-electron chi connectivity index (χ4n) is 0.858. The Bertz CT molecular complexity index is 235. The van der Waals surface area contributed by atoms with Gasteiger partial charge in [-0.2, -0.15) is 39.1 Å². The molecule has 1 rings (SSSR count). The van der Waals surface area contributed by atoms with Gasteiger partial charge in [-0.05, 0) is 55.4 Å². The van der Waals surface area contributed by atoms with Crippen molar-refractivity contribution in [2.24, 2.45) is 0 Å². The molecule has 0 amide bonds. The Morgan fingerprint density at radius 3 is 0.500 bits per heavy atom. The van der Waals surface area contributed by atoms with E-state index >= 15 is 0 Å². The summed E-state index contributed by atoms with van der Waals surface area (Å²) in [7, 11) is 0. The molecule has 0 spiro atoms. The lowest BCUT2D eigenvalue weighted by Gasteiger charge is -2.35. The zero-order chi connectivity index (χ0) is 15.7. The monoisotopic (exact) mass is 296 g/mol. The molecular weight excluding hydrogens is 272 g/mol. The molecule has 0 aromatic heterocycles. The Labute approximate surface area is 118 Å². The average molecular weight is 296 g/mol. The molecule has 20 heavy (non-hydrogen) atoms. The predicted molar refractivity (Wildman–Crippen MR) is 65.0 cm³/mol. The van der Waals surface area contributed by atoms with E-state index < -0.39 is 23.1 Å². The first kappa shape index (κ1) is 17.7. The fourth-order valence-corrected chi connectivity index (χ4v) is 0.858. The van der Waals surface area contributed by atoms with E-state index in [9.17, 15) is 0 Å². The van der Waals surface area contributed by atoms with Gasteiger partial charge in [0.2, 0.25) is 23.1 Å². The maximum atomic E-state index is 5.13. The lowest BCUT2D eigenvalue weighted by atomic mass is 10.4. The molecule has 1 fully saturated rings. The Morgan fingerprint density at radius 2 is 0.400 bits per heavy atom. The van der Waals surface area contributed by atoms with Crippen LogP contribution in [0.3, 0.4) is 0 Å². The van der Waals surface area contributed by atoms with Gasteiger partial charge in [0.15, 0.2) is 0 Å². The van der Waals surface area contributed by atoms with Gasteiger partial charge in [-0.25, -0.2) is 0 Å². The molecule has 0 bridgehead atoms. The summed E-state index contributed by atoms with van der Waals surface area (Å²) in [5, 5.41) is 0. The highest BCUT2D eigenvalue weighted by molar-refractivity contribution is 4.55. The maximum Gasteiger partial charge on any atom is 0.228 e. The Hall–Kier alpha value is -0.320. The standard InChI is InChI=1S/C12H24O8/c1-9(2)13-15-10(3,4)17-19-12(7,8)20-18-11(5,6)16-14-9/h1-8H3. The van der Waals surface area contributed by atoms with Gasteiger partial charge in [0, 0.05) is 0 Å². The summed E-state index contributed by atoms with van der Waals surface area (Å²) in [5.74, 6) is -4.79. The summed E-state index contributed by atoms with van der Waals surface area (Å²) in [5.41, 5.74) is 0. The second-order valence-electron chi connectivity index (χ2n) is 6.27. The van der Waals surface area contributed by atoms with Gasteiger partial charge in [0.1, 0.15) is 0 Å². The van der Waals surface area contributed by atoms with Crippen molar-refractivity contribution in [1.82, 2.24) is 0 Å². The molecule has 120 valence electrons. The average Bonchev–Trinajstić information content (AvgIpc) is 2.30. The second kappa shape index (κ2) is 5.82. The maximum absolute atomic E-state index is 5.13. The molecular formula is C12H24O8. The molecule has 0 radical (unpaired) electrons. The fraction of sp³-hybridized carbons (Fsp3) is 1.00. The molecule has 1 aliphatic heterocycles. The van der Waals surface area contributed by atoms with Crippen LogP contribution < -0.4 is 0 Å². The van der Waals surface area contributed by atoms with Gasteiger partial charge in [-0.15, -0.1) is 0 Å². The summed E-state index contributed by atoms with van der Waals surface area (Å²) < 4.78 is 0. The van der Waals surface area contributed by atoms with Gasteiger partial charge in [0.05, 0.1) is 0 Å². The molecule has 0 aromatic rings. The minimum Gasteiger partial charge on any atom is -0.196 e. The van der Waals surface area contributed by atoms with Crippen molar-refractivity contribution in [2.75, 3.05) is 0 Å². The molecule has 0 saturated carbocycles. The number of hydrogen-bond donors (Lipinski definition) is 0. The van der Waals surface area contributed by atoms with Crippen molar-refractivity contribution in [3.8, 4) is 0 Å². The second-order valence-corrected chi connectivity index (χ2v) is 6.27. The van der Waals surface area contributed by atoms with Gasteiger partial charge in [-0.1, -0.05) is 0 Å². The quantitative estimate of drug-likeness (QED) is 0.632. The van der Waals surface area contributed by atoms with Crippen LogP contribution in [0.25, 0.3) is 0 Å². The van der Waals surface area contributed by atoms with Crippen LogP contribution in [0, 0.1) is 0 Å². The number of rotatable bonds is 0. The molecule has 1 aliphatic rings. The third-order valence-corrected chi connectivity index (χ3v) is 1.77. The van der Waals surface area contributed by atoms with E-state index in [0.717, 1.165) is 0 Å². The summed E-state index contributed by atoms with van der Waals surface area (Å²) >= 11 is 0. The van der Waals surface area contributed by atoms with Crippen molar-refractivity contribution >= 4 is 0 Å². The molecule has 0 aromatic carbocycles. The van der Waals surface area contributed by atoms with E-state index in [1.807, 2.05) is 0 Å². The highest BCUT2D eigenvalue weighted by Gasteiger charge is 2.37. The number of hydrogen-bond acceptors (Lipinski definition) is 8. The van der Waals surface area contributed by atoms with Gasteiger partial charge < -0.3 is 0 Å². The first-order chi connectivity index (χ1) is 8.83. The molecule has 0 unspecified atom stereocenters. The van der Waals surface area contributed by atoms with Crippen molar-refractivity contribution in [2.45, 2.75) is 78.5 Å². The topological polar surface area (TPSA) is 73.8 Å². The summed E-state index contributed by atoms with van der Waals surface area (Å²) in [4.78, 5) is 41.0. The first-order valence-electron chi connectivity index (χ1n) is 6.30. The van der Waals surface area contributed by atoms with E-state index in [4.69, 9.17) is 39.1 Å². The molecule has 8 nitrogen and oxygen atoms in total. The zero-order valence-corrected chi connectivity index (χ0v) is 13.3. The summed E-state index contributed by atoms with van der Waals surface area (Å²) in [6.45, 7) is 12.8. The van der Waals surface area contributed by atoms with E-state index in [0.29, 0.717) is 0 Å². The van der Waals surface area contributed by atoms with Crippen LogP contribution in [0.5, 0.6) is 0 Å².